The minimum absolute atomic E-state index is 0.0732. The molecule has 0 saturated carbocycles. The molecule has 2 aromatic carbocycles. The minimum atomic E-state index is -4.48. The van der Waals surface area contributed by atoms with E-state index < -0.39 is 17.6 Å². The first-order chi connectivity index (χ1) is 16.2. The summed E-state index contributed by atoms with van der Waals surface area (Å²) in [6, 6.07) is 11.2. The van der Waals surface area contributed by atoms with Gasteiger partial charge in [-0.3, -0.25) is 9.59 Å². The number of carbonyl (C=O) groups excluding carboxylic acids is 2. The molecular weight excluding hydrogens is 469 g/mol. The number of rotatable bonds is 7. The van der Waals surface area contributed by atoms with Gasteiger partial charge in [0.2, 0.25) is 5.91 Å². The summed E-state index contributed by atoms with van der Waals surface area (Å²) in [5.74, 6) is 1.49. The van der Waals surface area contributed by atoms with Crippen LogP contribution >= 0.6 is 11.8 Å². The van der Waals surface area contributed by atoms with Crippen molar-refractivity contribution in [2.24, 2.45) is 0 Å². The maximum Gasteiger partial charge on any atom is 0.416 e. The van der Waals surface area contributed by atoms with E-state index in [1.165, 1.54) is 4.68 Å². The number of alkyl halides is 3. The average molecular weight is 491 g/mol. The lowest BCUT2D eigenvalue weighted by atomic mass is 10.1. The molecule has 4 rings (SSSR count). The van der Waals surface area contributed by atoms with Gasteiger partial charge in [0, 0.05) is 29.2 Å². The zero-order valence-corrected chi connectivity index (χ0v) is 18.9. The fourth-order valence-electron chi connectivity index (χ4n) is 3.45. The van der Waals surface area contributed by atoms with Gasteiger partial charge >= 0.3 is 6.18 Å². The highest BCUT2D eigenvalue weighted by Crippen LogP contribution is 2.35. The highest BCUT2D eigenvalue weighted by molar-refractivity contribution is 7.98. The number of methoxy groups -OCH3 is 1. The first-order valence-corrected chi connectivity index (χ1v) is 11.4. The third-order valence-corrected chi connectivity index (χ3v) is 6.24. The first kappa shape index (κ1) is 23.7. The van der Waals surface area contributed by atoms with E-state index in [1.54, 1.807) is 31.0 Å². The summed E-state index contributed by atoms with van der Waals surface area (Å²) in [5, 5.41) is 10.0. The molecule has 0 radical (unpaired) electrons. The van der Waals surface area contributed by atoms with Gasteiger partial charge in [0.1, 0.15) is 18.1 Å². The summed E-state index contributed by atoms with van der Waals surface area (Å²) in [4.78, 5) is 25.3. The summed E-state index contributed by atoms with van der Waals surface area (Å²) in [5.41, 5.74) is 1.72. The van der Waals surface area contributed by atoms with Gasteiger partial charge < -0.3 is 15.4 Å². The number of hydrogen-bond donors (Lipinski definition) is 2. The van der Waals surface area contributed by atoms with Gasteiger partial charge in [-0.1, -0.05) is 12.1 Å². The predicted molar refractivity (Wildman–Crippen MR) is 121 cm³/mol. The minimum Gasteiger partial charge on any atom is -0.497 e. The Balaban J connectivity index is 1.45. The number of thioether (sulfide) groups is 1. The topological polar surface area (TPSA) is 85.2 Å². The van der Waals surface area contributed by atoms with Gasteiger partial charge in [-0.15, -0.1) is 0 Å². The zero-order chi connectivity index (χ0) is 24.3. The Morgan fingerprint density at radius 2 is 1.79 bits per heavy atom. The number of fused-ring (bicyclic) bond motifs is 1. The standard InChI is InChI=1S/C23H21F3N4O3S/c1-33-17-8-2-14(3-9-17)10-27-20(31)11-30-21(18-12-34-13-19(18)29-30)28-22(32)15-4-6-16(7-5-15)23(24,25)26/h2-9H,10-13H2,1H3,(H,27,31)(H,28,32). The molecule has 0 bridgehead atoms. The molecule has 2 N–H and O–H groups in total. The Bertz CT molecular complexity index is 1190. The van der Waals surface area contributed by atoms with Crippen LogP contribution < -0.4 is 15.4 Å². The Kier molecular flexibility index (Phi) is 6.82. The Morgan fingerprint density at radius 3 is 2.44 bits per heavy atom. The summed E-state index contributed by atoms with van der Waals surface area (Å²) >= 11 is 1.63. The molecule has 0 saturated heterocycles. The molecular formula is C23H21F3N4O3S. The fraction of sp³-hybridized carbons (Fsp3) is 0.261. The Hall–Kier alpha value is -3.47. The van der Waals surface area contributed by atoms with Crippen molar-refractivity contribution < 1.29 is 27.5 Å². The quantitative estimate of drug-likeness (QED) is 0.518. The van der Waals surface area contributed by atoms with Crippen molar-refractivity contribution in [1.82, 2.24) is 15.1 Å². The number of nitrogens with zero attached hydrogens (tertiary/aromatic N) is 2. The van der Waals surface area contributed by atoms with Crippen LogP contribution in [0.2, 0.25) is 0 Å². The van der Waals surface area contributed by atoms with Gasteiger partial charge in [0.15, 0.2) is 0 Å². The summed E-state index contributed by atoms with van der Waals surface area (Å²) in [6.07, 6.45) is -4.48. The number of nitrogens with one attached hydrogen (secondary N) is 2. The Labute approximate surface area is 197 Å². The molecule has 7 nitrogen and oxygen atoms in total. The van der Waals surface area contributed by atoms with Crippen molar-refractivity contribution in [3.63, 3.8) is 0 Å². The molecule has 1 aliphatic rings. The molecule has 2 heterocycles. The lowest BCUT2D eigenvalue weighted by molar-refractivity contribution is -0.137. The van der Waals surface area contributed by atoms with Crippen LogP contribution in [0, 0.1) is 0 Å². The fourth-order valence-corrected chi connectivity index (χ4v) is 4.48. The van der Waals surface area contributed by atoms with Crippen LogP contribution in [0.4, 0.5) is 19.0 Å². The van der Waals surface area contributed by atoms with Crippen molar-refractivity contribution in [2.75, 3.05) is 12.4 Å². The molecule has 0 fully saturated rings. The van der Waals surface area contributed by atoms with Crippen LogP contribution in [0.5, 0.6) is 5.75 Å². The molecule has 0 atom stereocenters. The molecule has 11 heteroatoms. The maximum atomic E-state index is 12.8. The highest BCUT2D eigenvalue weighted by atomic mass is 32.2. The SMILES string of the molecule is COc1ccc(CNC(=O)Cn2nc3c(c2NC(=O)c2ccc(C(F)(F)F)cc2)CSC3)cc1. The van der Waals surface area contributed by atoms with Crippen molar-refractivity contribution >= 4 is 29.4 Å². The molecule has 1 aliphatic heterocycles. The average Bonchev–Trinajstić information content (AvgIpc) is 3.40. The molecule has 0 aliphatic carbocycles. The van der Waals surface area contributed by atoms with Gasteiger partial charge in [-0.2, -0.15) is 30.0 Å². The van der Waals surface area contributed by atoms with Gasteiger partial charge in [-0.25, -0.2) is 4.68 Å². The first-order valence-electron chi connectivity index (χ1n) is 10.3. The van der Waals surface area contributed by atoms with Crippen molar-refractivity contribution in [3.8, 4) is 5.75 Å². The maximum absolute atomic E-state index is 12.8. The summed E-state index contributed by atoms with van der Waals surface area (Å²) in [7, 11) is 1.57. The monoisotopic (exact) mass is 490 g/mol. The van der Waals surface area contributed by atoms with E-state index in [4.69, 9.17) is 4.74 Å². The second-order valence-corrected chi connectivity index (χ2v) is 8.56. The van der Waals surface area contributed by atoms with Crippen LogP contribution in [-0.4, -0.2) is 28.7 Å². The predicted octanol–water partition coefficient (Wildman–Crippen LogP) is 4.23. The summed E-state index contributed by atoms with van der Waals surface area (Å²) < 4.78 is 44.9. The molecule has 3 aromatic rings. The third kappa shape index (κ3) is 5.36. The van der Waals surface area contributed by atoms with E-state index >= 15 is 0 Å². The number of amides is 2. The van der Waals surface area contributed by atoms with Gasteiger partial charge in [0.25, 0.3) is 5.91 Å². The molecule has 0 unspecified atom stereocenters. The Morgan fingerprint density at radius 1 is 1.09 bits per heavy atom. The molecule has 2 amide bonds. The van der Waals surface area contributed by atoms with Gasteiger partial charge in [0.05, 0.1) is 18.4 Å². The summed E-state index contributed by atoms with van der Waals surface area (Å²) in [6.45, 7) is 0.198. The van der Waals surface area contributed by atoms with Crippen LogP contribution in [0.1, 0.15) is 32.7 Å². The van der Waals surface area contributed by atoms with Crippen LogP contribution in [-0.2, 0) is 35.6 Å². The van der Waals surface area contributed by atoms with E-state index in [9.17, 15) is 22.8 Å². The molecule has 1 aromatic heterocycles. The third-order valence-electron chi connectivity index (χ3n) is 5.27. The number of carbonyl (C=O) groups is 2. The molecule has 0 spiro atoms. The van der Waals surface area contributed by atoms with Crippen LogP contribution in [0.3, 0.4) is 0 Å². The van der Waals surface area contributed by atoms with E-state index in [-0.39, 0.29) is 18.0 Å². The van der Waals surface area contributed by atoms with Crippen molar-refractivity contribution in [2.45, 2.75) is 30.8 Å². The number of hydrogen-bond acceptors (Lipinski definition) is 5. The van der Waals surface area contributed by atoms with E-state index in [1.807, 2.05) is 12.1 Å². The van der Waals surface area contributed by atoms with Crippen LogP contribution in [0.25, 0.3) is 0 Å². The highest BCUT2D eigenvalue weighted by Gasteiger charge is 2.30. The number of halogens is 3. The van der Waals surface area contributed by atoms with E-state index in [0.717, 1.165) is 41.1 Å². The van der Waals surface area contributed by atoms with E-state index in [2.05, 4.69) is 15.7 Å². The zero-order valence-electron chi connectivity index (χ0n) is 18.1. The number of benzene rings is 2. The van der Waals surface area contributed by atoms with E-state index in [0.29, 0.717) is 29.6 Å². The van der Waals surface area contributed by atoms with Crippen molar-refractivity contribution in [1.29, 1.82) is 0 Å². The lowest BCUT2D eigenvalue weighted by Crippen LogP contribution is -2.28. The smallest absolute Gasteiger partial charge is 0.416 e. The second kappa shape index (κ2) is 9.80. The number of aromatic nitrogens is 2. The lowest BCUT2D eigenvalue weighted by Gasteiger charge is -2.12. The number of ether oxygens (including phenoxy) is 1. The van der Waals surface area contributed by atoms with Gasteiger partial charge in [-0.05, 0) is 42.0 Å². The van der Waals surface area contributed by atoms with Crippen molar-refractivity contribution in [3.05, 3.63) is 76.5 Å². The normalized spacial score (nSPS) is 12.8. The van der Waals surface area contributed by atoms with Crippen LogP contribution in [0.15, 0.2) is 48.5 Å². The molecule has 34 heavy (non-hydrogen) atoms. The second-order valence-electron chi connectivity index (χ2n) is 7.58. The molecule has 178 valence electrons. The number of anilines is 1. The largest absolute Gasteiger partial charge is 0.497 e.